The molecule has 1 atom stereocenters. The van der Waals surface area contributed by atoms with Gasteiger partial charge in [0.25, 0.3) is 0 Å². The molecule has 0 aliphatic rings. The number of nitrogens with one attached hydrogen (secondary N) is 2. The van der Waals surface area contributed by atoms with Crippen LogP contribution in [0.15, 0.2) is 71.6 Å². The van der Waals surface area contributed by atoms with E-state index in [1.54, 1.807) is 37.3 Å². The second kappa shape index (κ2) is 11.5. The number of hydrogen-bond acceptors (Lipinski definition) is 4. The van der Waals surface area contributed by atoms with Crippen molar-refractivity contribution in [3.63, 3.8) is 0 Å². The van der Waals surface area contributed by atoms with Crippen LogP contribution in [0, 0.1) is 0 Å². The molecule has 1 unspecified atom stereocenters. The quantitative estimate of drug-likeness (QED) is 0.339. The summed E-state index contributed by atoms with van der Waals surface area (Å²) in [7, 11) is -4.35. The molecule has 0 aliphatic heterocycles. The normalized spacial score (nSPS) is 12.7. The molecule has 36 heavy (non-hydrogen) atoms. The molecule has 0 saturated heterocycles. The van der Waals surface area contributed by atoms with Crippen LogP contribution in [0.1, 0.15) is 18.1 Å². The van der Waals surface area contributed by atoms with Gasteiger partial charge in [-0.25, -0.2) is 8.42 Å². The van der Waals surface area contributed by atoms with Crippen molar-refractivity contribution in [1.82, 2.24) is 4.72 Å². The van der Waals surface area contributed by atoms with Gasteiger partial charge in [0.2, 0.25) is 15.9 Å². The van der Waals surface area contributed by atoms with Crippen LogP contribution in [0.25, 0.3) is 0 Å². The number of rotatable bonds is 9. The Balaban J connectivity index is 1.95. The SMILES string of the molecule is CCOc1ccc(Cl)cc1S(=O)(=O)NC(Cc1ccccc1)C(=O)Nc1ccc(Cl)c(C(F)(F)F)c1. The lowest BCUT2D eigenvalue weighted by atomic mass is 10.1. The summed E-state index contributed by atoms with van der Waals surface area (Å²) in [5.41, 5.74) is -0.724. The van der Waals surface area contributed by atoms with E-state index in [2.05, 4.69) is 10.0 Å². The van der Waals surface area contributed by atoms with Crippen molar-refractivity contribution in [2.75, 3.05) is 11.9 Å². The van der Waals surface area contributed by atoms with E-state index in [0.29, 0.717) is 11.6 Å². The summed E-state index contributed by atoms with van der Waals surface area (Å²) in [6.45, 7) is 1.85. The first-order chi connectivity index (χ1) is 16.9. The van der Waals surface area contributed by atoms with Crippen molar-refractivity contribution < 1.29 is 31.1 Å². The van der Waals surface area contributed by atoms with Crippen molar-refractivity contribution in [1.29, 1.82) is 0 Å². The lowest BCUT2D eigenvalue weighted by Gasteiger charge is -2.20. The van der Waals surface area contributed by atoms with Gasteiger partial charge in [0.15, 0.2) is 0 Å². The second-order valence-corrected chi connectivity index (χ2v) is 10.1. The number of alkyl halides is 3. The number of carbonyl (C=O) groups excluding carboxylic acids is 1. The van der Waals surface area contributed by atoms with Gasteiger partial charge < -0.3 is 10.1 Å². The van der Waals surface area contributed by atoms with Gasteiger partial charge in [0.1, 0.15) is 16.7 Å². The molecule has 0 spiro atoms. The Morgan fingerprint density at radius 2 is 1.72 bits per heavy atom. The van der Waals surface area contributed by atoms with E-state index in [1.807, 2.05) is 0 Å². The van der Waals surface area contributed by atoms with Gasteiger partial charge in [-0.1, -0.05) is 53.5 Å². The summed E-state index contributed by atoms with van der Waals surface area (Å²) in [5.74, 6) is -0.848. The van der Waals surface area contributed by atoms with E-state index in [9.17, 15) is 26.4 Å². The highest BCUT2D eigenvalue weighted by Crippen LogP contribution is 2.36. The lowest BCUT2D eigenvalue weighted by Crippen LogP contribution is -2.45. The molecule has 2 N–H and O–H groups in total. The van der Waals surface area contributed by atoms with Crippen LogP contribution < -0.4 is 14.8 Å². The molecule has 0 aliphatic carbocycles. The number of benzene rings is 3. The van der Waals surface area contributed by atoms with Crippen LogP contribution in [-0.2, 0) is 27.4 Å². The highest BCUT2D eigenvalue weighted by Gasteiger charge is 2.34. The zero-order chi connectivity index (χ0) is 26.5. The van der Waals surface area contributed by atoms with Crippen LogP contribution in [0.3, 0.4) is 0 Å². The maximum atomic E-state index is 13.3. The summed E-state index contributed by atoms with van der Waals surface area (Å²) in [5, 5.41) is 1.94. The topological polar surface area (TPSA) is 84.5 Å². The van der Waals surface area contributed by atoms with E-state index < -0.39 is 38.7 Å². The number of ether oxygens (including phenoxy) is 1. The molecule has 192 valence electrons. The molecule has 0 bridgehead atoms. The average Bonchev–Trinajstić information content (AvgIpc) is 2.81. The molecule has 0 saturated carbocycles. The molecule has 0 radical (unpaired) electrons. The molecular formula is C24H21Cl2F3N2O4S. The smallest absolute Gasteiger partial charge is 0.417 e. The van der Waals surface area contributed by atoms with Crippen LogP contribution in [0.5, 0.6) is 5.75 Å². The van der Waals surface area contributed by atoms with Crippen LogP contribution in [0.4, 0.5) is 18.9 Å². The second-order valence-electron chi connectivity index (χ2n) is 7.57. The van der Waals surface area contributed by atoms with Crippen LogP contribution in [-0.4, -0.2) is 27.0 Å². The number of sulfonamides is 1. The van der Waals surface area contributed by atoms with E-state index >= 15 is 0 Å². The Morgan fingerprint density at radius 1 is 1.03 bits per heavy atom. The molecule has 0 fully saturated rings. The number of halogens is 5. The molecule has 12 heteroatoms. The van der Waals surface area contributed by atoms with Crippen LogP contribution >= 0.6 is 23.2 Å². The van der Waals surface area contributed by atoms with Gasteiger partial charge in [0, 0.05) is 10.7 Å². The largest absolute Gasteiger partial charge is 0.492 e. The molecular weight excluding hydrogens is 540 g/mol. The van der Waals surface area contributed by atoms with Crippen molar-refractivity contribution >= 4 is 44.8 Å². The third-order valence-electron chi connectivity index (χ3n) is 4.93. The first kappa shape index (κ1) is 27.8. The first-order valence-corrected chi connectivity index (χ1v) is 12.8. The van der Waals surface area contributed by atoms with Gasteiger partial charge >= 0.3 is 6.18 Å². The highest BCUT2D eigenvalue weighted by molar-refractivity contribution is 7.89. The minimum atomic E-state index is -4.74. The van der Waals surface area contributed by atoms with Gasteiger partial charge in [-0.3, -0.25) is 4.79 Å². The van der Waals surface area contributed by atoms with Gasteiger partial charge in [-0.05, 0) is 55.3 Å². The molecule has 0 heterocycles. The minimum absolute atomic E-state index is 0.0285. The van der Waals surface area contributed by atoms with Crippen molar-refractivity contribution in [3.8, 4) is 5.75 Å². The average molecular weight is 561 g/mol. The Hall–Kier alpha value is -2.79. The maximum absolute atomic E-state index is 13.3. The number of carbonyl (C=O) groups is 1. The predicted molar refractivity (Wildman–Crippen MR) is 132 cm³/mol. The van der Waals surface area contributed by atoms with Gasteiger partial charge in [0.05, 0.1) is 17.2 Å². The number of amides is 1. The molecule has 3 aromatic rings. The predicted octanol–water partition coefficient (Wildman–Crippen LogP) is 5.94. The summed E-state index contributed by atoms with van der Waals surface area (Å²) >= 11 is 11.6. The molecule has 0 aromatic heterocycles. The fourth-order valence-corrected chi connectivity index (χ4v) is 5.13. The standard InChI is InChI=1S/C24H21Cl2F3N2O4S/c1-2-35-21-11-8-16(25)13-22(21)36(33,34)31-20(12-15-6-4-3-5-7-15)23(32)30-17-9-10-19(26)18(14-17)24(27,28)29/h3-11,13-14,20,31H,2,12H2,1H3,(H,30,32). The minimum Gasteiger partial charge on any atom is -0.492 e. The third-order valence-corrected chi connectivity index (χ3v) is 6.99. The zero-order valence-electron chi connectivity index (χ0n) is 18.8. The van der Waals surface area contributed by atoms with E-state index in [-0.39, 0.29) is 34.4 Å². The van der Waals surface area contributed by atoms with E-state index in [0.717, 1.165) is 6.07 Å². The monoisotopic (exact) mass is 560 g/mol. The first-order valence-electron chi connectivity index (χ1n) is 10.6. The van der Waals surface area contributed by atoms with E-state index in [4.69, 9.17) is 27.9 Å². The van der Waals surface area contributed by atoms with Crippen LogP contribution in [0.2, 0.25) is 10.0 Å². The van der Waals surface area contributed by atoms with Gasteiger partial charge in [-0.15, -0.1) is 0 Å². The maximum Gasteiger partial charge on any atom is 0.417 e. The fourth-order valence-electron chi connectivity index (χ4n) is 3.30. The third kappa shape index (κ3) is 7.13. The summed E-state index contributed by atoms with van der Waals surface area (Å²) < 4.78 is 74.0. The Morgan fingerprint density at radius 3 is 2.36 bits per heavy atom. The summed E-state index contributed by atoms with van der Waals surface area (Å²) in [6, 6.07) is 14.0. The Kier molecular flexibility index (Phi) is 8.89. The molecule has 3 aromatic carbocycles. The Bertz CT molecular complexity index is 1340. The molecule has 1 amide bonds. The van der Waals surface area contributed by atoms with Crippen molar-refractivity contribution in [3.05, 3.63) is 87.9 Å². The summed E-state index contributed by atoms with van der Waals surface area (Å²) in [4.78, 5) is 12.9. The number of anilines is 1. The zero-order valence-corrected chi connectivity index (χ0v) is 21.1. The summed E-state index contributed by atoms with van der Waals surface area (Å²) in [6.07, 6.45) is -4.83. The van der Waals surface area contributed by atoms with Gasteiger partial charge in [-0.2, -0.15) is 17.9 Å². The lowest BCUT2D eigenvalue weighted by molar-refractivity contribution is -0.137. The number of hydrogen-bond donors (Lipinski definition) is 2. The fraction of sp³-hybridized carbons (Fsp3) is 0.208. The van der Waals surface area contributed by atoms with E-state index in [1.165, 1.54) is 24.3 Å². The van der Waals surface area contributed by atoms with Crippen molar-refractivity contribution in [2.45, 2.75) is 30.5 Å². The highest BCUT2D eigenvalue weighted by atomic mass is 35.5. The Labute approximate surface area is 216 Å². The van der Waals surface area contributed by atoms with Crippen molar-refractivity contribution in [2.24, 2.45) is 0 Å². The molecule has 6 nitrogen and oxygen atoms in total. The molecule has 3 rings (SSSR count).